The van der Waals surface area contributed by atoms with Crippen molar-refractivity contribution < 1.29 is 19.8 Å². The smallest absolute Gasteiger partial charge is 0.315 e. The van der Waals surface area contributed by atoms with Crippen molar-refractivity contribution in [2.24, 2.45) is 0 Å². The lowest BCUT2D eigenvalue weighted by Crippen LogP contribution is -2.54. The number of benzene rings is 2. The molecule has 1 heterocycles. The van der Waals surface area contributed by atoms with Crippen molar-refractivity contribution in [1.82, 2.24) is 16.0 Å². The van der Waals surface area contributed by atoms with Crippen molar-refractivity contribution >= 4 is 12.5 Å². The third-order valence-corrected chi connectivity index (χ3v) is 4.57. The lowest BCUT2D eigenvalue weighted by molar-refractivity contribution is -0.122. The largest absolute Gasteiger partial charge is 0.483 e. The van der Waals surface area contributed by atoms with Gasteiger partial charge in [0.2, 0.25) is 0 Å². The van der Waals surface area contributed by atoms with Crippen molar-refractivity contribution in [3.8, 4) is 0 Å². The SMILES string of the molecule is O=C(NCC1(O)CCCNC1)NC(c1ccccc1)c1ccccc1.O=CO. The molecule has 2 amide bonds. The van der Waals surface area contributed by atoms with E-state index in [2.05, 4.69) is 16.0 Å². The number of urea groups is 1. The molecule has 0 aliphatic carbocycles. The van der Waals surface area contributed by atoms with E-state index in [1.54, 1.807) is 0 Å². The zero-order valence-electron chi connectivity index (χ0n) is 15.7. The average molecular weight is 385 g/mol. The molecule has 0 spiro atoms. The molecule has 0 bridgehead atoms. The van der Waals surface area contributed by atoms with Crippen molar-refractivity contribution in [2.45, 2.75) is 24.5 Å². The van der Waals surface area contributed by atoms with Crippen LogP contribution in [0, 0.1) is 0 Å². The van der Waals surface area contributed by atoms with Gasteiger partial charge in [0.1, 0.15) is 0 Å². The minimum absolute atomic E-state index is 0.235. The Morgan fingerprint density at radius 1 is 1.11 bits per heavy atom. The highest BCUT2D eigenvalue weighted by molar-refractivity contribution is 5.75. The fourth-order valence-corrected chi connectivity index (χ4v) is 3.18. The summed E-state index contributed by atoms with van der Waals surface area (Å²) in [6, 6.07) is 19.2. The van der Waals surface area contributed by atoms with Crippen molar-refractivity contribution in [3.05, 3.63) is 71.8 Å². The summed E-state index contributed by atoms with van der Waals surface area (Å²) in [6.07, 6.45) is 1.61. The monoisotopic (exact) mass is 385 g/mol. The van der Waals surface area contributed by atoms with Crippen molar-refractivity contribution in [1.29, 1.82) is 0 Å². The van der Waals surface area contributed by atoms with Crippen LogP contribution in [0.2, 0.25) is 0 Å². The first-order valence-corrected chi connectivity index (χ1v) is 9.23. The third kappa shape index (κ3) is 6.68. The van der Waals surface area contributed by atoms with E-state index in [9.17, 15) is 9.90 Å². The molecule has 7 heteroatoms. The van der Waals surface area contributed by atoms with Crippen LogP contribution in [-0.4, -0.2) is 48.0 Å². The molecule has 1 aliphatic rings. The second-order valence-corrected chi connectivity index (χ2v) is 6.69. The second-order valence-electron chi connectivity index (χ2n) is 6.69. The first kappa shape index (κ1) is 21.4. The van der Waals surface area contributed by atoms with E-state index in [0.717, 1.165) is 24.1 Å². The standard InChI is InChI=1S/C20H25N3O2.CH2O2/c24-19(22-15-20(25)12-7-13-21-14-20)23-18(16-8-3-1-4-9-16)17-10-5-2-6-11-17;2-1-3/h1-6,8-11,18,21,25H,7,12-15H2,(H2,22,23,24);1H,(H,2,3). The summed E-state index contributed by atoms with van der Waals surface area (Å²) in [6.45, 7) is 1.41. The van der Waals surface area contributed by atoms with Gasteiger partial charge in [-0.3, -0.25) is 4.79 Å². The Hall–Kier alpha value is -2.90. The molecular formula is C21H27N3O4. The predicted molar refractivity (Wildman–Crippen MR) is 107 cm³/mol. The number of carbonyl (C=O) groups is 2. The Morgan fingerprint density at radius 2 is 1.64 bits per heavy atom. The summed E-state index contributed by atoms with van der Waals surface area (Å²) >= 11 is 0. The predicted octanol–water partition coefficient (Wildman–Crippen LogP) is 1.89. The van der Waals surface area contributed by atoms with Crippen molar-refractivity contribution in [3.63, 3.8) is 0 Å². The summed E-state index contributed by atoms with van der Waals surface area (Å²) in [4.78, 5) is 20.8. The van der Waals surface area contributed by atoms with Crippen LogP contribution in [0.25, 0.3) is 0 Å². The molecule has 1 aliphatic heterocycles. The normalized spacial score (nSPS) is 18.5. The molecule has 0 saturated carbocycles. The number of carboxylic acid groups (broad SMARTS) is 1. The molecule has 3 rings (SSSR count). The summed E-state index contributed by atoms with van der Waals surface area (Å²) in [7, 11) is 0. The van der Waals surface area contributed by atoms with Gasteiger partial charge in [-0.15, -0.1) is 0 Å². The first-order valence-electron chi connectivity index (χ1n) is 9.23. The number of hydrogen-bond donors (Lipinski definition) is 5. The number of nitrogens with one attached hydrogen (secondary N) is 3. The highest BCUT2D eigenvalue weighted by Crippen LogP contribution is 2.21. The van der Waals surface area contributed by atoms with Crippen LogP contribution in [0.5, 0.6) is 0 Å². The fraction of sp³-hybridized carbons (Fsp3) is 0.333. The minimum atomic E-state index is -0.870. The van der Waals surface area contributed by atoms with Gasteiger partial charge in [0.05, 0.1) is 11.6 Å². The summed E-state index contributed by atoms with van der Waals surface area (Å²) in [5, 5.41) is 26.4. The third-order valence-electron chi connectivity index (χ3n) is 4.57. The molecule has 1 saturated heterocycles. The lowest BCUT2D eigenvalue weighted by atomic mass is 9.94. The maximum atomic E-state index is 12.4. The molecule has 1 atom stereocenters. The molecule has 0 radical (unpaired) electrons. The van der Waals surface area contributed by atoms with E-state index >= 15 is 0 Å². The molecule has 2 aromatic carbocycles. The minimum Gasteiger partial charge on any atom is -0.483 e. The van der Waals surface area contributed by atoms with Gasteiger partial charge in [-0.25, -0.2) is 4.79 Å². The summed E-state index contributed by atoms with van der Waals surface area (Å²) in [5.41, 5.74) is 1.16. The van der Waals surface area contributed by atoms with Crippen LogP contribution in [0.3, 0.4) is 0 Å². The number of aliphatic hydroxyl groups is 1. The molecule has 2 aromatic rings. The van der Waals surface area contributed by atoms with Gasteiger partial charge in [0.25, 0.3) is 6.47 Å². The van der Waals surface area contributed by atoms with Crippen LogP contribution in [0.4, 0.5) is 4.79 Å². The summed E-state index contributed by atoms with van der Waals surface area (Å²) < 4.78 is 0. The van der Waals surface area contributed by atoms with Gasteiger partial charge >= 0.3 is 6.03 Å². The molecule has 0 aromatic heterocycles. The highest BCUT2D eigenvalue weighted by Gasteiger charge is 2.29. The first-order chi connectivity index (χ1) is 13.6. The van der Waals surface area contributed by atoms with E-state index in [1.165, 1.54) is 0 Å². The summed E-state index contributed by atoms with van der Waals surface area (Å²) in [5.74, 6) is 0. The molecule has 1 fully saturated rings. The van der Waals surface area contributed by atoms with Gasteiger partial charge in [0, 0.05) is 13.1 Å². The Bertz CT molecular complexity index is 679. The van der Waals surface area contributed by atoms with Crippen LogP contribution >= 0.6 is 0 Å². The van der Waals surface area contributed by atoms with E-state index in [-0.39, 0.29) is 25.1 Å². The molecule has 7 nitrogen and oxygen atoms in total. The fourth-order valence-electron chi connectivity index (χ4n) is 3.18. The van der Waals surface area contributed by atoms with Crippen LogP contribution in [0.1, 0.15) is 30.0 Å². The molecule has 28 heavy (non-hydrogen) atoms. The van der Waals surface area contributed by atoms with Gasteiger partial charge in [0.15, 0.2) is 0 Å². The molecular weight excluding hydrogens is 358 g/mol. The van der Waals surface area contributed by atoms with Gasteiger partial charge in [-0.05, 0) is 30.5 Å². The molecule has 5 N–H and O–H groups in total. The number of amides is 2. The van der Waals surface area contributed by atoms with E-state index in [1.807, 2.05) is 60.7 Å². The van der Waals surface area contributed by atoms with E-state index in [4.69, 9.17) is 9.90 Å². The van der Waals surface area contributed by atoms with Crippen LogP contribution < -0.4 is 16.0 Å². The number of rotatable bonds is 5. The number of hydrogen-bond acceptors (Lipinski definition) is 4. The quantitative estimate of drug-likeness (QED) is 0.505. The lowest BCUT2D eigenvalue weighted by Gasteiger charge is -2.33. The maximum absolute atomic E-state index is 12.4. The second kappa shape index (κ2) is 11.1. The van der Waals surface area contributed by atoms with Gasteiger partial charge < -0.3 is 26.2 Å². The van der Waals surface area contributed by atoms with E-state index < -0.39 is 5.60 Å². The zero-order valence-corrected chi connectivity index (χ0v) is 15.7. The topological polar surface area (TPSA) is 111 Å². The van der Waals surface area contributed by atoms with Gasteiger partial charge in [-0.2, -0.15) is 0 Å². The van der Waals surface area contributed by atoms with Crippen LogP contribution in [0.15, 0.2) is 60.7 Å². The Labute approximate surface area is 164 Å². The van der Waals surface area contributed by atoms with Crippen molar-refractivity contribution in [2.75, 3.05) is 19.6 Å². The molecule has 150 valence electrons. The zero-order chi connectivity index (χ0) is 20.2. The Morgan fingerprint density at radius 3 is 2.11 bits per heavy atom. The molecule has 1 unspecified atom stereocenters. The van der Waals surface area contributed by atoms with Gasteiger partial charge in [-0.1, -0.05) is 60.7 Å². The van der Waals surface area contributed by atoms with E-state index in [0.29, 0.717) is 13.0 Å². The van der Waals surface area contributed by atoms with Crippen LogP contribution in [-0.2, 0) is 4.79 Å². The maximum Gasteiger partial charge on any atom is 0.315 e. The average Bonchev–Trinajstić information content (AvgIpc) is 2.73. The Kier molecular flexibility index (Phi) is 8.45. The number of piperidine rings is 1. The highest BCUT2D eigenvalue weighted by atomic mass is 16.3. The number of carbonyl (C=O) groups excluding carboxylic acids is 1. The number of β-amino-alcohol motifs (C(OH)–C–C–N with tert-alkyl or cyclic N) is 1. The Balaban J connectivity index is 0.000000878.